The van der Waals surface area contributed by atoms with Crippen molar-refractivity contribution in [1.29, 1.82) is 0 Å². The summed E-state index contributed by atoms with van der Waals surface area (Å²) in [5, 5.41) is 11.2. The minimum atomic E-state index is 0.0946. The zero-order valence-electron chi connectivity index (χ0n) is 7.49. The quantitative estimate of drug-likeness (QED) is 0.715. The Kier molecular flexibility index (Phi) is 1.99. The molecule has 0 saturated heterocycles. The lowest BCUT2D eigenvalue weighted by atomic mass is 10.1. The number of aliphatic hydroxyl groups excluding tert-OH is 1. The fourth-order valence-corrected chi connectivity index (χ4v) is 1.48. The summed E-state index contributed by atoms with van der Waals surface area (Å²) in [6.07, 6.45) is 1.79. The predicted molar refractivity (Wildman–Crippen MR) is 52.4 cm³/mol. The number of pyridine rings is 1. The molecule has 0 bridgehead atoms. The van der Waals surface area contributed by atoms with Gasteiger partial charge in [-0.2, -0.15) is 0 Å². The van der Waals surface area contributed by atoms with Crippen LogP contribution in [0, 0.1) is 6.92 Å². The van der Waals surface area contributed by atoms with E-state index in [-0.39, 0.29) is 6.61 Å². The van der Waals surface area contributed by atoms with Gasteiger partial charge in [-0.3, -0.25) is 4.98 Å². The van der Waals surface area contributed by atoms with Crippen molar-refractivity contribution in [1.82, 2.24) is 4.98 Å². The molecule has 13 heavy (non-hydrogen) atoms. The molecule has 2 rings (SSSR count). The first-order valence-electron chi connectivity index (χ1n) is 4.26. The van der Waals surface area contributed by atoms with Crippen molar-refractivity contribution in [3.8, 4) is 0 Å². The van der Waals surface area contributed by atoms with Crippen LogP contribution in [0.4, 0.5) is 0 Å². The molecular formula is C11H11NO. The number of fused-ring (bicyclic) bond motifs is 1. The molecule has 0 amide bonds. The molecule has 0 aliphatic heterocycles. The lowest BCUT2D eigenvalue weighted by Crippen LogP contribution is -1.86. The number of nitrogens with zero attached hydrogens (tertiary/aromatic N) is 1. The Bertz CT molecular complexity index is 437. The van der Waals surface area contributed by atoms with Gasteiger partial charge in [0.2, 0.25) is 0 Å². The molecule has 0 atom stereocenters. The summed E-state index contributed by atoms with van der Waals surface area (Å²) in [6, 6.07) is 7.88. The van der Waals surface area contributed by atoms with Crippen LogP contribution in [-0.2, 0) is 6.61 Å². The van der Waals surface area contributed by atoms with E-state index in [2.05, 4.69) is 4.98 Å². The highest BCUT2D eigenvalue weighted by molar-refractivity contribution is 5.84. The Labute approximate surface area is 76.9 Å². The standard InChI is InChI=1S/C11H11NO/c1-8-11-3-2-9(7-13)6-10(11)4-5-12-8/h2-6,13H,7H2,1H3. The summed E-state index contributed by atoms with van der Waals surface area (Å²) in [4.78, 5) is 4.20. The van der Waals surface area contributed by atoms with Gasteiger partial charge in [0.1, 0.15) is 0 Å². The minimum Gasteiger partial charge on any atom is -0.392 e. The fraction of sp³-hybridized carbons (Fsp3) is 0.182. The van der Waals surface area contributed by atoms with Gasteiger partial charge in [-0.05, 0) is 30.0 Å². The van der Waals surface area contributed by atoms with Gasteiger partial charge in [0, 0.05) is 17.3 Å². The first-order valence-corrected chi connectivity index (χ1v) is 4.26. The topological polar surface area (TPSA) is 33.1 Å². The van der Waals surface area contributed by atoms with Crippen molar-refractivity contribution in [3.05, 3.63) is 41.7 Å². The number of aryl methyl sites for hydroxylation is 1. The molecule has 0 aliphatic rings. The average Bonchev–Trinajstić information content (AvgIpc) is 2.18. The number of hydrogen-bond donors (Lipinski definition) is 1. The molecular weight excluding hydrogens is 162 g/mol. The van der Waals surface area contributed by atoms with Gasteiger partial charge in [-0.1, -0.05) is 12.1 Å². The van der Waals surface area contributed by atoms with Crippen LogP contribution in [0.5, 0.6) is 0 Å². The molecule has 1 N–H and O–H groups in total. The van der Waals surface area contributed by atoms with Crippen LogP contribution in [0.2, 0.25) is 0 Å². The van der Waals surface area contributed by atoms with Gasteiger partial charge in [-0.25, -0.2) is 0 Å². The van der Waals surface area contributed by atoms with Crippen LogP contribution in [0.15, 0.2) is 30.5 Å². The molecule has 1 aromatic carbocycles. The van der Waals surface area contributed by atoms with E-state index in [1.807, 2.05) is 31.2 Å². The second-order valence-corrected chi connectivity index (χ2v) is 3.11. The number of rotatable bonds is 1. The molecule has 2 aromatic rings. The fourth-order valence-electron chi connectivity index (χ4n) is 1.48. The van der Waals surface area contributed by atoms with Gasteiger partial charge in [0.25, 0.3) is 0 Å². The van der Waals surface area contributed by atoms with Crippen molar-refractivity contribution in [2.24, 2.45) is 0 Å². The molecule has 2 heteroatoms. The molecule has 0 unspecified atom stereocenters. The van der Waals surface area contributed by atoms with Gasteiger partial charge in [-0.15, -0.1) is 0 Å². The highest BCUT2D eigenvalue weighted by Crippen LogP contribution is 2.17. The van der Waals surface area contributed by atoms with Crippen molar-refractivity contribution >= 4 is 10.8 Å². The molecule has 1 heterocycles. The summed E-state index contributed by atoms with van der Waals surface area (Å²) in [6.45, 7) is 2.08. The van der Waals surface area contributed by atoms with E-state index in [9.17, 15) is 0 Å². The van der Waals surface area contributed by atoms with E-state index in [4.69, 9.17) is 5.11 Å². The molecule has 66 valence electrons. The maximum Gasteiger partial charge on any atom is 0.0682 e. The van der Waals surface area contributed by atoms with E-state index < -0.39 is 0 Å². The molecule has 0 aliphatic carbocycles. The van der Waals surface area contributed by atoms with Gasteiger partial charge >= 0.3 is 0 Å². The summed E-state index contributed by atoms with van der Waals surface area (Å²) in [7, 11) is 0. The molecule has 0 fully saturated rings. The maximum absolute atomic E-state index is 8.95. The molecule has 0 spiro atoms. The van der Waals surface area contributed by atoms with E-state index in [0.29, 0.717) is 0 Å². The summed E-state index contributed by atoms with van der Waals surface area (Å²) in [5.41, 5.74) is 1.97. The first kappa shape index (κ1) is 8.20. The summed E-state index contributed by atoms with van der Waals surface area (Å²) in [5.74, 6) is 0. The van der Waals surface area contributed by atoms with E-state index >= 15 is 0 Å². The smallest absolute Gasteiger partial charge is 0.0682 e. The maximum atomic E-state index is 8.95. The minimum absolute atomic E-state index is 0.0946. The Balaban J connectivity index is 2.72. The second kappa shape index (κ2) is 3.15. The summed E-state index contributed by atoms with van der Waals surface area (Å²) >= 11 is 0. The van der Waals surface area contributed by atoms with Crippen molar-refractivity contribution in [2.75, 3.05) is 0 Å². The second-order valence-electron chi connectivity index (χ2n) is 3.11. The summed E-state index contributed by atoms with van der Waals surface area (Å²) < 4.78 is 0. The van der Waals surface area contributed by atoms with Crippen LogP contribution >= 0.6 is 0 Å². The third-order valence-corrected chi connectivity index (χ3v) is 2.21. The zero-order valence-corrected chi connectivity index (χ0v) is 7.49. The highest BCUT2D eigenvalue weighted by atomic mass is 16.3. The molecule has 1 aromatic heterocycles. The van der Waals surface area contributed by atoms with Gasteiger partial charge in [0.15, 0.2) is 0 Å². The molecule has 0 saturated carbocycles. The average molecular weight is 173 g/mol. The Morgan fingerprint density at radius 3 is 2.92 bits per heavy atom. The van der Waals surface area contributed by atoms with E-state index in [1.165, 1.54) is 0 Å². The SMILES string of the molecule is Cc1nccc2cc(CO)ccc12. The Morgan fingerprint density at radius 1 is 1.31 bits per heavy atom. The highest BCUT2D eigenvalue weighted by Gasteiger charge is 1.98. The molecule has 2 nitrogen and oxygen atoms in total. The normalized spacial score (nSPS) is 10.6. The predicted octanol–water partition coefficient (Wildman–Crippen LogP) is 2.04. The zero-order chi connectivity index (χ0) is 9.26. The molecule has 0 radical (unpaired) electrons. The van der Waals surface area contributed by atoms with Crippen molar-refractivity contribution < 1.29 is 5.11 Å². The van der Waals surface area contributed by atoms with E-state index in [1.54, 1.807) is 6.20 Å². The van der Waals surface area contributed by atoms with Gasteiger partial charge < -0.3 is 5.11 Å². The van der Waals surface area contributed by atoms with Crippen LogP contribution in [0.1, 0.15) is 11.3 Å². The lowest BCUT2D eigenvalue weighted by Gasteiger charge is -2.02. The monoisotopic (exact) mass is 173 g/mol. The van der Waals surface area contributed by atoms with Gasteiger partial charge in [0.05, 0.1) is 6.61 Å². The van der Waals surface area contributed by atoms with E-state index in [0.717, 1.165) is 22.0 Å². The van der Waals surface area contributed by atoms with Crippen LogP contribution in [0.3, 0.4) is 0 Å². The van der Waals surface area contributed by atoms with Crippen molar-refractivity contribution in [3.63, 3.8) is 0 Å². The number of benzene rings is 1. The van der Waals surface area contributed by atoms with Crippen LogP contribution in [0.25, 0.3) is 10.8 Å². The number of aliphatic hydroxyl groups is 1. The third-order valence-electron chi connectivity index (χ3n) is 2.21. The largest absolute Gasteiger partial charge is 0.392 e. The Morgan fingerprint density at radius 2 is 2.15 bits per heavy atom. The number of hydrogen-bond acceptors (Lipinski definition) is 2. The van der Waals surface area contributed by atoms with Crippen LogP contribution in [-0.4, -0.2) is 10.1 Å². The third kappa shape index (κ3) is 1.40. The lowest BCUT2D eigenvalue weighted by molar-refractivity contribution is 0.282. The van der Waals surface area contributed by atoms with Crippen molar-refractivity contribution in [2.45, 2.75) is 13.5 Å². The Hall–Kier alpha value is -1.41. The first-order chi connectivity index (χ1) is 6.31. The number of aromatic nitrogens is 1. The van der Waals surface area contributed by atoms with Crippen LogP contribution < -0.4 is 0 Å².